The number of hydrogen-bond acceptors (Lipinski definition) is 4. The summed E-state index contributed by atoms with van der Waals surface area (Å²) < 4.78 is 0. The molecule has 1 saturated heterocycles. The van der Waals surface area contributed by atoms with Crippen molar-refractivity contribution in [3.05, 3.63) is 53.3 Å². The highest BCUT2D eigenvalue weighted by Gasteiger charge is 2.16. The van der Waals surface area contributed by atoms with Crippen molar-refractivity contribution in [2.75, 3.05) is 42.9 Å². The Balaban J connectivity index is 1.47. The summed E-state index contributed by atoms with van der Waals surface area (Å²) >= 11 is 6.09. The number of hydrogen-bond donors (Lipinski definition) is 1. The Morgan fingerprint density at radius 1 is 1.19 bits per heavy atom. The Hall–Kier alpha value is -2.11. The van der Waals surface area contributed by atoms with Crippen LogP contribution in [0.15, 0.2) is 42.6 Å². The largest absolute Gasteiger partial charge is 0.370 e. The highest BCUT2D eigenvalue weighted by atomic mass is 35.5. The second kappa shape index (κ2) is 9.01. The number of rotatable bonds is 5. The Morgan fingerprint density at radius 2 is 2.04 bits per heavy atom. The van der Waals surface area contributed by atoms with E-state index in [1.54, 1.807) is 6.07 Å². The van der Waals surface area contributed by atoms with Gasteiger partial charge in [0.25, 0.3) is 0 Å². The summed E-state index contributed by atoms with van der Waals surface area (Å²) in [5, 5.41) is 3.46. The molecule has 1 aromatic carbocycles. The first-order valence-corrected chi connectivity index (χ1v) is 9.44. The van der Waals surface area contributed by atoms with Gasteiger partial charge in [-0.2, -0.15) is 0 Å². The van der Waals surface area contributed by atoms with Gasteiger partial charge in [-0.15, -0.1) is 0 Å². The number of pyridine rings is 1. The van der Waals surface area contributed by atoms with E-state index in [4.69, 9.17) is 11.6 Å². The van der Waals surface area contributed by atoms with Gasteiger partial charge in [-0.25, -0.2) is 0 Å². The molecule has 0 saturated carbocycles. The van der Waals surface area contributed by atoms with Crippen LogP contribution in [0.1, 0.15) is 18.5 Å². The van der Waals surface area contributed by atoms with Gasteiger partial charge in [0.15, 0.2) is 0 Å². The zero-order valence-corrected chi connectivity index (χ0v) is 15.9. The molecular formula is C20H25ClN4O. The van der Waals surface area contributed by atoms with Crippen LogP contribution in [0.4, 0.5) is 11.4 Å². The molecule has 0 atom stereocenters. The number of carbonyl (C=O) groups excluding carboxylic acids is 1. The van der Waals surface area contributed by atoms with E-state index in [-0.39, 0.29) is 5.91 Å². The van der Waals surface area contributed by atoms with Gasteiger partial charge in [0.2, 0.25) is 5.91 Å². The molecule has 0 radical (unpaired) electrons. The predicted molar refractivity (Wildman–Crippen MR) is 107 cm³/mol. The molecule has 1 aliphatic rings. The lowest BCUT2D eigenvalue weighted by Crippen LogP contribution is -2.32. The number of nitrogens with zero attached hydrogens (tertiary/aromatic N) is 3. The summed E-state index contributed by atoms with van der Waals surface area (Å²) in [6, 6.07) is 11.5. The third-order valence-electron chi connectivity index (χ3n) is 4.64. The van der Waals surface area contributed by atoms with E-state index in [9.17, 15) is 4.79 Å². The SMILES string of the molecule is Cc1cc(N2CCCN(CCC(=O)Nc3ccccc3Cl)CC2)ccn1. The van der Waals surface area contributed by atoms with Crippen molar-refractivity contribution in [1.29, 1.82) is 0 Å². The zero-order chi connectivity index (χ0) is 18.4. The highest BCUT2D eigenvalue weighted by Crippen LogP contribution is 2.21. The molecule has 3 rings (SSSR count). The molecule has 2 aromatic rings. The predicted octanol–water partition coefficient (Wildman–Crippen LogP) is 3.58. The Morgan fingerprint density at radius 3 is 2.85 bits per heavy atom. The van der Waals surface area contributed by atoms with Gasteiger partial charge in [-0.05, 0) is 44.2 Å². The number of aryl methyl sites for hydroxylation is 1. The Kier molecular flexibility index (Phi) is 6.47. The fraction of sp³-hybridized carbons (Fsp3) is 0.400. The Bertz CT molecular complexity index is 752. The molecule has 26 heavy (non-hydrogen) atoms. The number of anilines is 2. The van der Waals surface area contributed by atoms with Gasteiger partial charge in [-0.3, -0.25) is 9.78 Å². The van der Waals surface area contributed by atoms with Gasteiger partial charge >= 0.3 is 0 Å². The van der Waals surface area contributed by atoms with E-state index in [0.717, 1.165) is 44.8 Å². The number of amides is 1. The number of nitrogens with one attached hydrogen (secondary N) is 1. The normalized spacial score (nSPS) is 15.5. The Labute approximate surface area is 160 Å². The lowest BCUT2D eigenvalue weighted by Gasteiger charge is -2.23. The quantitative estimate of drug-likeness (QED) is 0.871. The van der Waals surface area contributed by atoms with Crippen LogP contribution in [0.5, 0.6) is 0 Å². The third-order valence-corrected chi connectivity index (χ3v) is 4.97. The summed E-state index contributed by atoms with van der Waals surface area (Å²) in [5.41, 5.74) is 2.95. The lowest BCUT2D eigenvalue weighted by atomic mass is 10.3. The molecular weight excluding hydrogens is 348 g/mol. The van der Waals surface area contributed by atoms with Crippen molar-refractivity contribution in [2.45, 2.75) is 19.8 Å². The van der Waals surface area contributed by atoms with Crippen LogP contribution < -0.4 is 10.2 Å². The van der Waals surface area contributed by atoms with Gasteiger partial charge in [-0.1, -0.05) is 23.7 Å². The molecule has 0 bridgehead atoms. The smallest absolute Gasteiger partial charge is 0.225 e. The fourth-order valence-corrected chi connectivity index (χ4v) is 3.40. The molecule has 1 amide bonds. The van der Waals surface area contributed by atoms with Crippen LogP contribution in [0.3, 0.4) is 0 Å². The minimum Gasteiger partial charge on any atom is -0.370 e. The first-order valence-electron chi connectivity index (χ1n) is 9.06. The minimum atomic E-state index is 0.00367. The summed E-state index contributed by atoms with van der Waals surface area (Å²) in [6.07, 6.45) is 3.43. The number of benzene rings is 1. The van der Waals surface area contributed by atoms with Gasteiger partial charge < -0.3 is 15.1 Å². The first kappa shape index (κ1) is 18.7. The molecule has 5 nitrogen and oxygen atoms in total. The standard InChI is InChI=1S/C20H25ClN4O/c1-16-15-17(7-9-22-16)25-11-4-10-24(13-14-25)12-8-20(26)23-19-6-3-2-5-18(19)21/h2-3,5-7,9,15H,4,8,10-14H2,1H3,(H,23,26). The van der Waals surface area contributed by atoms with Crippen LogP contribution in [0.25, 0.3) is 0 Å². The lowest BCUT2D eigenvalue weighted by molar-refractivity contribution is -0.116. The summed E-state index contributed by atoms with van der Waals surface area (Å²) in [5.74, 6) is 0.00367. The monoisotopic (exact) mass is 372 g/mol. The van der Waals surface area contributed by atoms with Crippen molar-refractivity contribution in [3.8, 4) is 0 Å². The van der Waals surface area contributed by atoms with E-state index in [0.29, 0.717) is 17.1 Å². The average molecular weight is 373 g/mol. The van der Waals surface area contributed by atoms with E-state index < -0.39 is 0 Å². The number of aromatic nitrogens is 1. The molecule has 6 heteroatoms. The van der Waals surface area contributed by atoms with Gasteiger partial charge in [0, 0.05) is 50.2 Å². The molecule has 1 N–H and O–H groups in total. The molecule has 0 unspecified atom stereocenters. The second-order valence-corrected chi connectivity index (χ2v) is 7.02. The van der Waals surface area contributed by atoms with Gasteiger partial charge in [0.05, 0.1) is 10.7 Å². The van der Waals surface area contributed by atoms with Crippen molar-refractivity contribution in [2.24, 2.45) is 0 Å². The maximum atomic E-state index is 12.2. The van der Waals surface area contributed by atoms with Crippen LogP contribution in [0, 0.1) is 6.92 Å². The van der Waals surface area contributed by atoms with E-state index in [1.165, 1.54) is 5.69 Å². The average Bonchev–Trinajstić information content (AvgIpc) is 2.88. The summed E-state index contributed by atoms with van der Waals surface area (Å²) in [6.45, 7) is 6.76. The molecule has 1 aliphatic heterocycles. The van der Waals surface area contributed by atoms with E-state index in [2.05, 4.69) is 32.2 Å². The molecule has 1 aromatic heterocycles. The van der Waals surface area contributed by atoms with Crippen molar-refractivity contribution < 1.29 is 4.79 Å². The van der Waals surface area contributed by atoms with Crippen LogP contribution in [0.2, 0.25) is 5.02 Å². The fourth-order valence-electron chi connectivity index (χ4n) is 3.21. The topological polar surface area (TPSA) is 48.5 Å². The third kappa shape index (κ3) is 5.19. The minimum absolute atomic E-state index is 0.00367. The van der Waals surface area contributed by atoms with Crippen molar-refractivity contribution in [1.82, 2.24) is 9.88 Å². The van der Waals surface area contributed by atoms with Crippen LogP contribution in [-0.2, 0) is 4.79 Å². The van der Waals surface area contributed by atoms with Crippen LogP contribution >= 0.6 is 11.6 Å². The number of para-hydroxylation sites is 1. The van der Waals surface area contributed by atoms with E-state index in [1.807, 2.05) is 31.3 Å². The number of halogens is 1. The first-order chi connectivity index (χ1) is 12.6. The maximum Gasteiger partial charge on any atom is 0.225 e. The van der Waals surface area contributed by atoms with E-state index >= 15 is 0 Å². The van der Waals surface area contributed by atoms with Crippen molar-refractivity contribution >= 4 is 28.9 Å². The van der Waals surface area contributed by atoms with Crippen molar-refractivity contribution in [3.63, 3.8) is 0 Å². The molecule has 2 heterocycles. The summed E-state index contributed by atoms with van der Waals surface area (Å²) in [7, 11) is 0. The molecule has 0 spiro atoms. The number of carbonyl (C=O) groups is 1. The second-order valence-electron chi connectivity index (χ2n) is 6.62. The maximum absolute atomic E-state index is 12.2. The molecule has 0 aliphatic carbocycles. The summed E-state index contributed by atoms with van der Waals surface area (Å²) in [4.78, 5) is 21.2. The highest BCUT2D eigenvalue weighted by molar-refractivity contribution is 6.33. The zero-order valence-electron chi connectivity index (χ0n) is 15.1. The van der Waals surface area contributed by atoms with Gasteiger partial charge in [0.1, 0.15) is 0 Å². The molecule has 138 valence electrons. The van der Waals surface area contributed by atoms with Crippen LogP contribution in [-0.4, -0.2) is 48.5 Å². The molecule has 1 fully saturated rings.